The molecule has 1 saturated carbocycles. The maximum atomic E-state index is 11.2. The zero-order chi connectivity index (χ0) is 10.6. The lowest BCUT2D eigenvalue weighted by Gasteiger charge is -2.13. The molecule has 1 amide bonds. The summed E-state index contributed by atoms with van der Waals surface area (Å²) in [4.78, 5) is 12.9. The summed E-state index contributed by atoms with van der Waals surface area (Å²) >= 11 is 0. The summed E-state index contributed by atoms with van der Waals surface area (Å²) in [6, 6.07) is 0. The van der Waals surface area contributed by atoms with Gasteiger partial charge in [-0.05, 0) is 31.2 Å². The van der Waals surface area contributed by atoms with Gasteiger partial charge in [0.15, 0.2) is 0 Å². The second kappa shape index (κ2) is 5.35. The van der Waals surface area contributed by atoms with Crippen molar-refractivity contribution in [3.63, 3.8) is 0 Å². The van der Waals surface area contributed by atoms with Gasteiger partial charge in [0.25, 0.3) is 0 Å². The lowest BCUT2D eigenvalue weighted by atomic mass is 10.1. The topological polar surface area (TPSA) is 32.3 Å². The number of amides is 1. The van der Waals surface area contributed by atoms with Crippen molar-refractivity contribution in [3.8, 4) is 0 Å². The van der Waals surface area contributed by atoms with Crippen LogP contribution < -0.4 is 5.32 Å². The zero-order valence-electron chi connectivity index (χ0n) is 9.55. The molecule has 0 aromatic carbocycles. The van der Waals surface area contributed by atoms with Gasteiger partial charge >= 0.3 is 0 Å². The molecule has 1 unspecified atom stereocenters. The molecular formula is C11H22N2O. The first-order valence-electron chi connectivity index (χ1n) is 5.52. The smallest absolute Gasteiger partial charge is 0.223 e. The third-order valence-electron chi connectivity index (χ3n) is 2.91. The van der Waals surface area contributed by atoms with Crippen LogP contribution in [0.5, 0.6) is 0 Å². The summed E-state index contributed by atoms with van der Waals surface area (Å²) in [5.74, 6) is 1.94. The lowest BCUT2D eigenvalue weighted by Crippen LogP contribution is -2.29. The van der Waals surface area contributed by atoms with Crippen molar-refractivity contribution in [2.75, 3.05) is 27.2 Å². The maximum absolute atomic E-state index is 11.2. The average molecular weight is 198 g/mol. The van der Waals surface area contributed by atoms with Crippen LogP contribution in [-0.4, -0.2) is 38.0 Å². The molecule has 3 nitrogen and oxygen atoms in total. The second-order valence-corrected chi connectivity index (χ2v) is 4.56. The van der Waals surface area contributed by atoms with Gasteiger partial charge in [0.1, 0.15) is 0 Å². The number of hydrogen-bond donors (Lipinski definition) is 1. The van der Waals surface area contributed by atoms with Crippen LogP contribution in [0.15, 0.2) is 0 Å². The van der Waals surface area contributed by atoms with Crippen molar-refractivity contribution in [2.24, 2.45) is 11.8 Å². The normalized spacial score (nSPS) is 17.9. The van der Waals surface area contributed by atoms with Crippen LogP contribution in [0.1, 0.15) is 26.2 Å². The SMILES string of the molecule is CC(CNCCC(=O)N(C)C)C1CC1. The molecule has 3 heteroatoms. The molecule has 1 aliphatic rings. The van der Waals surface area contributed by atoms with Crippen molar-refractivity contribution >= 4 is 5.91 Å². The summed E-state index contributed by atoms with van der Waals surface area (Å²) in [5, 5.41) is 3.34. The fourth-order valence-electron chi connectivity index (χ4n) is 1.58. The van der Waals surface area contributed by atoms with Crippen molar-refractivity contribution in [2.45, 2.75) is 26.2 Å². The van der Waals surface area contributed by atoms with E-state index in [1.165, 1.54) is 12.8 Å². The van der Waals surface area contributed by atoms with E-state index in [4.69, 9.17) is 0 Å². The summed E-state index contributed by atoms with van der Waals surface area (Å²) in [6.07, 6.45) is 3.42. The Balaban J connectivity index is 1.95. The second-order valence-electron chi connectivity index (χ2n) is 4.56. The molecule has 0 heterocycles. The highest BCUT2D eigenvalue weighted by atomic mass is 16.2. The van der Waals surface area contributed by atoms with Crippen molar-refractivity contribution < 1.29 is 4.79 Å². The highest BCUT2D eigenvalue weighted by Crippen LogP contribution is 2.35. The number of nitrogens with one attached hydrogen (secondary N) is 1. The Bertz CT molecular complexity index is 188. The first kappa shape index (κ1) is 11.5. The van der Waals surface area contributed by atoms with E-state index >= 15 is 0 Å². The van der Waals surface area contributed by atoms with E-state index in [0.717, 1.165) is 24.9 Å². The Labute approximate surface area is 86.9 Å². The minimum Gasteiger partial charge on any atom is -0.349 e. The molecule has 1 aliphatic carbocycles. The summed E-state index contributed by atoms with van der Waals surface area (Å²) in [5.41, 5.74) is 0. The van der Waals surface area contributed by atoms with Crippen LogP contribution in [0, 0.1) is 11.8 Å². The van der Waals surface area contributed by atoms with Crippen LogP contribution in [-0.2, 0) is 4.79 Å². The molecule has 82 valence electrons. The highest BCUT2D eigenvalue weighted by Gasteiger charge is 2.27. The predicted molar refractivity (Wildman–Crippen MR) is 58.1 cm³/mol. The van der Waals surface area contributed by atoms with E-state index in [1.54, 1.807) is 19.0 Å². The van der Waals surface area contributed by atoms with Crippen molar-refractivity contribution in [1.82, 2.24) is 10.2 Å². The van der Waals surface area contributed by atoms with Gasteiger partial charge in [-0.1, -0.05) is 6.92 Å². The molecule has 0 radical (unpaired) electrons. The minimum atomic E-state index is 0.205. The van der Waals surface area contributed by atoms with E-state index in [0.29, 0.717) is 6.42 Å². The average Bonchev–Trinajstić information content (AvgIpc) is 2.94. The molecule has 1 atom stereocenters. The molecular weight excluding hydrogens is 176 g/mol. The van der Waals surface area contributed by atoms with E-state index < -0.39 is 0 Å². The summed E-state index contributed by atoms with van der Waals surface area (Å²) in [6.45, 7) is 4.16. The summed E-state index contributed by atoms with van der Waals surface area (Å²) in [7, 11) is 3.60. The van der Waals surface area contributed by atoms with Crippen molar-refractivity contribution in [1.29, 1.82) is 0 Å². The zero-order valence-corrected chi connectivity index (χ0v) is 9.55. The molecule has 1 N–H and O–H groups in total. The standard InChI is InChI=1S/C11H22N2O/c1-9(10-4-5-10)8-12-7-6-11(14)13(2)3/h9-10,12H,4-8H2,1-3H3. The molecule has 14 heavy (non-hydrogen) atoms. The number of carbonyl (C=O) groups excluding carboxylic acids is 1. The molecule has 0 aromatic rings. The third kappa shape index (κ3) is 4.09. The fourth-order valence-corrected chi connectivity index (χ4v) is 1.58. The minimum absolute atomic E-state index is 0.205. The van der Waals surface area contributed by atoms with E-state index in [2.05, 4.69) is 12.2 Å². The number of carbonyl (C=O) groups is 1. The van der Waals surface area contributed by atoms with Gasteiger partial charge in [0.05, 0.1) is 0 Å². The highest BCUT2D eigenvalue weighted by molar-refractivity contribution is 5.75. The largest absolute Gasteiger partial charge is 0.349 e. The lowest BCUT2D eigenvalue weighted by molar-refractivity contribution is -0.128. The van der Waals surface area contributed by atoms with Gasteiger partial charge in [-0.25, -0.2) is 0 Å². The van der Waals surface area contributed by atoms with E-state index in [-0.39, 0.29) is 5.91 Å². The molecule has 0 spiro atoms. The monoisotopic (exact) mass is 198 g/mol. The van der Waals surface area contributed by atoms with Crippen LogP contribution >= 0.6 is 0 Å². The first-order valence-corrected chi connectivity index (χ1v) is 5.52. The molecule has 0 aliphatic heterocycles. The Hall–Kier alpha value is -0.570. The van der Waals surface area contributed by atoms with E-state index in [1.807, 2.05) is 0 Å². The fraction of sp³-hybridized carbons (Fsp3) is 0.909. The molecule has 0 saturated heterocycles. The van der Waals surface area contributed by atoms with Gasteiger partial charge in [0, 0.05) is 27.1 Å². The Morgan fingerprint density at radius 3 is 2.64 bits per heavy atom. The quantitative estimate of drug-likeness (QED) is 0.648. The van der Waals surface area contributed by atoms with Crippen LogP contribution in [0.3, 0.4) is 0 Å². The van der Waals surface area contributed by atoms with E-state index in [9.17, 15) is 4.79 Å². The Morgan fingerprint density at radius 2 is 2.14 bits per heavy atom. The number of hydrogen-bond acceptors (Lipinski definition) is 2. The van der Waals surface area contributed by atoms with Gasteiger partial charge < -0.3 is 10.2 Å². The van der Waals surface area contributed by atoms with Crippen molar-refractivity contribution in [3.05, 3.63) is 0 Å². The van der Waals surface area contributed by atoms with Crippen LogP contribution in [0.25, 0.3) is 0 Å². The Kier molecular flexibility index (Phi) is 4.39. The number of nitrogens with zero attached hydrogens (tertiary/aromatic N) is 1. The molecule has 1 rings (SSSR count). The number of rotatable bonds is 6. The van der Waals surface area contributed by atoms with Crippen LogP contribution in [0.2, 0.25) is 0 Å². The van der Waals surface area contributed by atoms with Gasteiger partial charge in [-0.15, -0.1) is 0 Å². The van der Waals surface area contributed by atoms with Gasteiger partial charge in [-0.3, -0.25) is 4.79 Å². The predicted octanol–water partition coefficient (Wildman–Crippen LogP) is 1.10. The maximum Gasteiger partial charge on any atom is 0.223 e. The van der Waals surface area contributed by atoms with Crippen LogP contribution in [0.4, 0.5) is 0 Å². The Morgan fingerprint density at radius 1 is 1.50 bits per heavy atom. The molecule has 1 fully saturated rings. The third-order valence-corrected chi connectivity index (χ3v) is 2.91. The molecule has 0 bridgehead atoms. The van der Waals surface area contributed by atoms with Gasteiger partial charge in [-0.2, -0.15) is 0 Å². The van der Waals surface area contributed by atoms with Gasteiger partial charge in [0.2, 0.25) is 5.91 Å². The summed E-state index contributed by atoms with van der Waals surface area (Å²) < 4.78 is 0. The molecule has 0 aromatic heterocycles. The first-order chi connectivity index (χ1) is 6.61.